The Kier molecular flexibility index (Phi) is 2.06. The van der Waals surface area contributed by atoms with Gasteiger partial charge in [0.05, 0.1) is 0 Å². The predicted molar refractivity (Wildman–Crippen MR) is 45.5 cm³/mol. The smallest absolute Gasteiger partial charge is 0.136 e. The first kappa shape index (κ1) is 8.72. The minimum absolute atomic E-state index is 0.0642. The second-order valence-electron chi connectivity index (χ2n) is 4.19. The van der Waals surface area contributed by atoms with Crippen LogP contribution in [0.15, 0.2) is 0 Å². The molecule has 0 aromatic carbocycles. The Labute approximate surface area is 68.6 Å². The highest BCUT2D eigenvalue weighted by Crippen LogP contribution is 2.27. The molecule has 1 saturated heterocycles. The lowest BCUT2D eigenvalue weighted by atomic mass is 9.87. The normalized spacial score (nSPS) is 32.4. The van der Waals surface area contributed by atoms with E-state index in [4.69, 9.17) is 0 Å². The minimum Gasteiger partial charge on any atom is -0.300 e. The van der Waals surface area contributed by atoms with E-state index in [9.17, 15) is 4.79 Å². The van der Waals surface area contributed by atoms with Crippen molar-refractivity contribution in [3.63, 3.8) is 0 Å². The van der Waals surface area contributed by atoms with Gasteiger partial charge in [0.25, 0.3) is 0 Å². The Morgan fingerprint density at radius 3 is 2.55 bits per heavy atom. The fraction of sp³-hybridized carbons (Fsp3) is 0.889. The first-order chi connectivity index (χ1) is 4.93. The first-order valence-corrected chi connectivity index (χ1v) is 4.18. The van der Waals surface area contributed by atoms with E-state index in [-0.39, 0.29) is 5.54 Å². The Morgan fingerprint density at radius 2 is 2.09 bits per heavy atom. The lowest BCUT2D eigenvalue weighted by Crippen LogP contribution is -2.52. The van der Waals surface area contributed by atoms with Crippen LogP contribution in [0, 0.1) is 0 Å². The van der Waals surface area contributed by atoms with Gasteiger partial charge in [-0.25, -0.2) is 0 Å². The number of piperidine rings is 1. The van der Waals surface area contributed by atoms with Crippen molar-refractivity contribution in [1.29, 1.82) is 0 Å². The quantitative estimate of drug-likeness (QED) is 0.527. The molecule has 0 saturated carbocycles. The van der Waals surface area contributed by atoms with E-state index < -0.39 is 0 Å². The number of likely N-dealkylation sites (tertiary alicyclic amines) is 1. The van der Waals surface area contributed by atoms with Gasteiger partial charge < -0.3 is 0 Å². The van der Waals surface area contributed by atoms with E-state index in [1.165, 1.54) is 0 Å². The number of hydrogen-bond donors (Lipinski definition) is 0. The number of nitrogens with zero attached hydrogens (tertiary/aromatic N) is 1. The van der Waals surface area contributed by atoms with Crippen molar-refractivity contribution in [2.45, 2.75) is 45.2 Å². The van der Waals surface area contributed by atoms with Crippen molar-refractivity contribution >= 4 is 5.78 Å². The van der Waals surface area contributed by atoms with E-state index >= 15 is 0 Å². The van der Waals surface area contributed by atoms with Crippen molar-refractivity contribution in [2.75, 3.05) is 7.05 Å². The lowest BCUT2D eigenvalue weighted by Gasteiger charge is -2.43. The van der Waals surface area contributed by atoms with Crippen molar-refractivity contribution in [3.05, 3.63) is 0 Å². The summed E-state index contributed by atoms with van der Waals surface area (Å²) in [5, 5.41) is 0. The Balaban J connectivity index is 2.75. The third-order valence-electron chi connectivity index (χ3n) is 2.77. The molecule has 0 spiro atoms. The minimum atomic E-state index is 0.0642. The van der Waals surface area contributed by atoms with Gasteiger partial charge in [-0.1, -0.05) is 0 Å². The van der Waals surface area contributed by atoms with Crippen LogP contribution in [-0.4, -0.2) is 29.3 Å². The Morgan fingerprint density at radius 1 is 1.55 bits per heavy atom. The molecule has 1 unspecified atom stereocenters. The molecule has 0 aromatic rings. The maximum absolute atomic E-state index is 11.2. The zero-order chi connectivity index (χ0) is 8.65. The average Bonchev–Trinajstić information content (AvgIpc) is 1.81. The highest BCUT2D eigenvalue weighted by molar-refractivity contribution is 5.81. The molecule has 0 N–H and O–H groups in total. The summed E-state index contributed by atoms with van der Waals surface area (Å²) in [5.41, 5.74) is 0.0642. The highest BCUT2D eigenvalue weighted by Gasteiger charge is 2.35. The lowest BCUT2D eigenvalue weighted by molar-refractivity contribution is -0.127. The summed E-state index contributed by atoms with van der Waals surface area (Å²) in [6, 6.07) is 0.409. The molecular formula is C9H17NO. The number of ketones is 1. The SMILES string of the molecule is CC1CC(=O)CC(C)(C)N1C. The van der Waals surface area contributed by atoms with Crippen molar-refractivity contribution < 1.29 is 4.79 Å². The number of Topliss-reactive ketones (excluding diaryl/α,β-unsaturated/α-hetero) is 1. The summed E-state index contributed by atoms with van der Waals surface area (Å²) in [6.07, 6.45) is 1.42. The van der Waals surface area contributed by atoms with Crippen LogP contribution in [0.2, 0.25) is 0 Å². The number of rotatable bonds is 0. The summed E-state index contributed by atoms with van der Waals surface area (Å²) in [7, 11) is 2.09. The van der Waals surface area contributed by atoms with E-state index in [2.05, 4.69) is 32.7 Å². The standard InChI is InChI=1S/C9H17NO/c1-7-5-8(11)6-9(2,3)10(7)4/h7H,5-6H2,1-4H3. The maximum atomic E-state index is 11.2. The Bertz CT molecular complexity index is 174. The molecule has 1 aliphatic rings. The molecule has 1 fully saturated rings. The van der Waals surface area contributed by atoms with Gasteiger partial charge in [-0.05, 0) is 27.8 Å². The van der Waals surface area contributed by atoms with Gasteiger partial charge in [-0.2, -0.15) is 0 Å². The maximum Gasteiger partial charge on any atom is 0.136 e. The summed E-state index contributed by atoms with van der Waals surface area (Å²) in [6.45, 7) is 6.36. The molecule has 1 aliphatic heterocycles. The van der Waals surface area contributed by atoms with Gasteiger partial charge in [-0.3, -0.25) is 9.69 Å². The molecule has 1 atom stereocenters. The first-order valence-electron chi connectivity index (χ1n) is 4.18. The van der Waals surface area contributed by atoms with Crippen molar-refractivity contribution in [1.82, 2.24) is 4.90 Å². The molecule has 0 aliphatic carbocycles. The van der Waals surface area contributed by atoms with E-state index in [0.717, 1.165) is 6.42 Å². The molecule has 1 rings (SSSR count). The number of carbonyl (C=O) groups is 1. The van der Waals surface area contributed by atoms with Crippen molar-refractivity contribution in [2.24, 2.45) is 0 Å². The van der Waals surface area contributed by atoms with Crippen LogP contribution in [0.3, 0.4) is 0 Å². The average molecular weight is 155 g/mol. The molecule has 0 radical (unpaired) electrons. The van der Waals surface area contributed by atoms with Gasteiger partial charge >= 0.3 is 0 Å². The molecule has 0 amide bonds. The van der Waals surface area contributed by atoms with E-state index in [0.29, 0.717) is 18.2 Å². The molecule has 1 heterocycles. The van der Waals surface area contributed by atoms with Gasteiger partial charge in [0.1, 0.15) is 5.78 Å². The molecule has 0 bridgehead atoms. The molecular weight excluding hydrogens is 138 g/mol. The van der Waals surface area contributed by atoms with Crippen LogP contribution in [-0.2, 0) is 4.79 Å². The summed E-state index contributed by atoms with van der Waals surface area (Å²) >= 11 is 0. The van der Waals surface area contributed by atoms with Gasteiger partial charge in [-0.15, -0.1) is 0 Å². The van der Waals surface area contributed by atoms with Crippen LogP contribution in [0.25, 0.3) is 0 Å². The molecule has 0 aromatic heterocycles. The monoisotopic (exact) mass is 155 g/mol. The topological polar surface area (TPSA) is 20.3 Å². The zero-order valence-electron chi connectivity index (χ0n) is 7.85. The summed E-state index contributed by atoms with van der Waals surface area (Å²) in [5.74, 6) is 0.403. The van der Waals surface area contributed by atoms with Crippen LogP contribution >= 0.6 is 0 Å². The highest BCUT2D eigenvalue weighted by atomic mass is 16.1. The van der Waals surface area contributed by atoms with Crippen molar-refractivity contribution in [3.8, 4) is 0 Å². The van der Waals surface area contributed by atoms with E-state index in [1.807, 2.05) is 0 Å². The largest absolute Gasteiger partial charge is 0.300 e. The summed E-state index contributed by atoms with van der Waals surface area (Å²) in [4.78, 5) is 13.5. The van der Waals surface area contributed by atoms with Gasteiger partial charge in [0.2, 0.25) is 0 Å². The van der Waals surface area contributed by atoms with Gasteiger partial charge in [0, 0.05) is 24.4 Å². The molecule has 11 heavy (non-hydrogen) atoms. The van der Waals surface area contributed by atoms with Crippen LogP contribution in [0.1, 0.15) is 33.6 Å². The van der Waals surface area contributed by atoms with Crippen LogP contribution in [0.5, 0.6) is 0 Å². The molecule has 2 heteroatoms. The van der Waals surface area contributed by atoms with Crippen LogP contribution < -0.4 is 0 Å². The van der Waals surface area contributed by atoms with Gasteiger partial charge in [0.15, 0.2) is 0 Å². The number of hydrogen-bond acceptors (Lipinski definition) is 2. The van der Waals surface area contributed by atoms with Crippen LogP contribution in [0.4, 0.5) is 0 Å². The zero-order valence-corrected chi connectivity index (χ0v) is 7.85. The third-order valence-corrected chi connectivity index (χ3v) is 2.77. The fourth-order valence-electron chi connectivity index (χ4n) is 1.74. The summed E-state index contributed by atoms with van der Waals surface area (Å²) < 4.78 is 0. The second kappa shape index (κ2) is 2.59. The Hall–Kier alpha value is -0.370. The second-order valence-corrected chi connectivity index (χ2v) is 4.19. The number of carbonyl (C=O) groups excluding carboxylic acids is 1. The predicted octanol–water partition coefficient (Wildman–Crippen LogP) is 1.45. The third kappa shape index (κ3) is 1.62. The molecule has 2 nitrogen and oxygen atoms in total. The van der Waals surface area contributed by atoms with E-state index in [1.54, 1.807) is 0 Å². The molecule has 64 valence electrons. The fourth-order valence-corrected chi connectivity index (χ4v) is 1.74.